The number of para-hydroxylation sites is 1. The number of amides is 1. The Hall–Kier alpha value is -3.93. The van der Waals surface area contributed by atoms with Gasteiger partial charge in [0.15, 0.2) is 11.6 Å². The number of benzene rings is 2. The van der Waals surface area contributed by atoms with Crippen molar-refractivity contribution in [2.75, 3.05) is 21.3 Å². The molecule has 1 aliphatic heterocycles. The van der Waals surface area contributed by atoms with Crippen molar-refractivity contribution in [3.8, 4) is 11.5 Å². The van der Waals surface area contributed by atoms with Gasteiger partial charge in [-0.25, -0.2) is 0 Å². The van der Waals surface area contributed by atoms with Gasteiger partial charge in [0.25, 0.3) is 5.91 Å². The SMILES string of the molecule is COc1ccc(C(=O)C2=C(c3ccccc3OC)C3(C=CC(=O)C=C3)N(C)C2=O)cc1. The van der Waals surface area contributed by atoms with E-state index >= 15 is 0 Å². The summed E-state index contributed by atoms with van der Waals surface area (Å²) in [5.41, 5.74) is 0.432. The minimum absolute atomic E-state index is 0.0424. The number of carbonyl (C=O) groups excluding carboxylic acids is 3. The Morgan fingerprint density at radius 2 is 1.55 bits per heavy atom. The van der Waals surface area contributed by atoms with Crippen LogP contribution in [0.4, 0.5) is 0 Å². The minimum atomic E-state index is -1.07. The molecular formula is C25H21NO5. The van der Waals surface area contributed by atoms with E-state index in [1.54, 1.807) is 56.6 Å². The summed E-state index contributed by atoms with van der Waals surface area (Å²) in [6.07, 6.45) is 6.15. The highest BCUT2D eigenvalue weighted by Crippen LogP contribution is 2.47. The maximum Gasteiger partial charge on any atom is 0.259 e. The Morgan fingerprint density at radius 1 is 0.903 bits per heavy atom. The average molecular weight is 415 g/mol. The van der Waals surface area contributed by atoms with Crippen molar-refractivity contribution in [1.29, 1.82) is 0 Å². The Bertz CT molecular complexity index is 1150. The predicted octanol–water partition coefficient (Wildman–Crippen LogP) is 3.25. The highest BCUT2D eigenvalue weighted by Gasteiger charge is 2.50. The number of nitrogens with zero attached hydrogens (tertiary/aromatic N) is 1. The molecule has 0 unspecified atom stereocenters. The summed E-state index contributed by atoms with van der Waals surface area (Å²) in [6.45, 7) is 0. The molecule has 1 aliphatic carbocycles. The molecule has 1 heterocycles. The summed E-state index contributed by atoms with van der Waals surface area (Å²) >= 11 is 0. The molecule has 0 N–H and O–H groups in total. The first-order chi connectivity index (χ1) is 14.9. The van der Waals surface area contributed by atoms with Gasteiger partial charge < -0.3 is 14.4 Å². The van der Waals surface area contributed by atoms with Crippen LogP contribution >= 0.6 is 0 Å². The number of Topliss-reactive ketones (excluding diaryl/α,β-unsaturated/α-hetero) is 1. The summed E-state index contributed by atoms with van der Waals surface area (Å²) in [5, 5.41) is 0. The zero-order valence-electron chi connectivity index (χ0n) is 17.4. The molecule has 4 rings (SSSR count). The van der Waals surface area contributed by atoms with Gasteiger partial charge >= 0.3 is 0 Å². The van der Waals surface area contributed by atoms with Crippen molar-refractivity contribution < 1.29 is 23.9 Å². The first-order valence-corrected chi connectivity index (χ1v) is 9.70. The Balaban J connectivity index is 1.99. The first kappa shape index (κ1) is 20.3. The predicted molar refractivity (Wildman–Crippen MR) is 116 cm³/mol. The molecule has 0 radical (unpaired) electrons. The van der Waals surface area contributed by atoms with Crippen LogP contribution in [0.3, 0.4) is 0 Å². The lowest BCUT2D eigenvalue weighted by Crippen LogP contribution is -2.43. The maximum absolute atomic E-state index is 13.6. The number of hydrogen-bond acceptors (Lipinski definition) is 5. The van der Waals surface area contributed by atoms with E-state index in [9.17, 15) is 14.4 Å². The number of hydrogen-bond donors (Lipinski definition) is 0. The van der Waals surface area contributed by atoms with Gasteiger partial charge in [-0.1, -0.05) is 18.2 Å². The van der Waals surface area contributed by atoms with Crippen LogP contribution < -0.4 is 9.47 Å². The number of likely N-dealkylation sites (N-methyl/N-ethyl adjacent to an activating group) is 1. The molecule has 2 aromatic carbocycles. The van der Waals surface area contributed by atoms with Crippen molar-refractivity contribution in [1.82, 2.24) is 4.90 Å². The van der Waals surface area contributed by atoms with Crippen LogP contribution in [0.25, 0.3) is 5.57 Å². The van der Waals surface area contributed by atoms with E-state index in [-0.39, 0.29) is 11.4 Å². The monoisotopic (exact) mass is 415 g/mol. The zero-order chi connectivity index (χ0) is 22.2. The molecule has 0 aromatic heterocycles. The second-order valence-corrected chi connectivity index (χ2v) is 7.27. The van der Waals surface area contributed by atoms with Gasteiger partial charge in [0.05, 0.1) is 19.8 Å². The van der Waals surface area contributed by atoms with E-state index in [1.165, 1.54) is 24.2 Å². The van der Waals surface area contributed by atoms with Gasteiger partial charge in [-0.2, -0.15) is 0 Å². The van der Waals surface area contributed by atoms with E-state index in [4.69, 9.17) is 9.47 Å². The topological polar surface area (TPSA) is 72.9 Å². The molecule has 2 aliphatic rings. The third-order valence-corrected chi connectivity index (χ3v) is 5.68. The van der Waals surface area contributed by atoms with Crippen molar-refractivity contribution in [2.24, 2.45) is 0 Å². The van der Waals surface area contributed by atoms with E-state index in [0.717, 1.165) is 0 Å². The number of rotatable bonds is 5. The van der Waals surface area contributed by atoms with Crippen LogP contribution in [0.1, 0.15) is 15.9 Å². The van der Waals surface area contributed by atoms with Crippen LogP contribution in [-0.4, -0.2) is 49.2 Å². The molecule has 0 bridgehead atoms. The number of methoxy groups -OCH3 is 2. The van der Waals surface area contributed by atoms with Gasteiger partial charge in [0.2, 0.25) is 0 Å². The summed E-state index contributed by atoms with van der Waals surface area (Å²) in [4.78, 5) is 40.3. The van der Waals surface area contributed by atoms with Crippen molar-refractivity contribution in [3.63, 3.8) is 0 Å². The van der Waals surface area contributed by atoms with Crippen molar-refractivity contribution >= 4 is 23.0 Å². The molecule has 0 saturated heterocycles. The fourth-order valence-electron chi connectivity index (χ4n) is 4.03. The molecule has 31 heavy (non-hydrogen) atoms. The second-order valence-electron chi connectivity index (χ2n) is 7.27. The van der Waals surface area contributed by atoms with Gasteiger partial charge in [0, 0.05) is 23.7 Å². The third kappa shape index (κ3) is 3.17. The lowest BCUT2D eigenvalue weighted by atomic mass is 9.80. The zero-order valence-corrected chi connectivity index (χ0v) is 17.4. The number of ketones is 2. The number of allylic oxidation sites excluding steroid dienone is 2. The van der Waals surface area contributed by atoms with E-state index < -0.39 is 17.2 Å². The Kier molecular flexibility index (Phi) is 5.07. The van der Waals surface area contributed by atoms with E-state index in [0.29, 0.717) is 28.2 Å². The lowest BCUT2D eigenvalue weighted by Gasteiger charge is -2.35. The number of ether oxygens (including phenoxy) is 2. The first-order valence-electron chi connectivity index (χ1n) is 9.70. The summed E-state index contributed by atoms with van der Waals surface area (Å²) in [5.74, 6) is 0.124. The van der Waals surface area contributed by atoms with Gasteiger partial charge in [-0.3, -0.25) is 14.4 Å². The van der Waals surface area contributed by atoms with Gasteiger partial charge in [-0.05, 0) is 54.6 Å². The van der Waals surface area contributed by atoms with Crippen LogP contribution in [-0.2, 0) is 9.59 Å². The van der Waals surface area contributed by atoms with Crippen LogP contribution in [0.5, 0.6) is 11.5 Å². The smallest absolute Gasteiger partial charge is 0.259 e. The maximum atomic E-state index is 13.6. The number of carbonyl (C=O) groups is 3. The second kappa shape index (κ2) is 7.72. The fourth-order valence-corrected chi connectivity index (χ4v) is 4.03. The lowest BCUT2D eigenvalue weighted by molar-refractivity contribution is -0.126. The summed E-state index contributed by atoms with van der Waals surface area (Å²) in [7, 11) is 4.70. The van der Waals surface area contributed by atoms with Crippen LogP contribution in [0.15, 0.2) is 78.4 Å². The Labute approximate surface area is 180 Å². The van der Waals surface area contributed by atoms with E-state index in [2.05, 4.69) is 0 Å². The van der Waals surface area contributed by atoms with Gasteiger partial charge in [0.1, 0.15) is 17.0 Å². The molecular weight excluding hydrogens is 394 g/mol. The quantitative estimate of drug-likeness (QED) is 0.554. The molecule has 0 saturated carbocycles. The van der Waals surface area contributed by atoms with E-state index in [1.807, 2.05) is 18.2 Å². The third-order valence-electron chi connectivity index (χ3n) is 5.68. The summed E-state index contributed by atoms with van der Waals surface area (Å²) in [6, 6.07) is 13.8. The molecule has 6 heteroatoms. The molecule has 0 atom stereocenters. The average Bonchev–Trinajstić information content (AvgIpc) is 3.02. The highest BCUT2D eigenvalue weighted by atomic mass is 16.5. The van der Waals surface area contributed by atoms with Crippen molar-refractivity contribution in [2.45, 2.75) is 5.54 Å². The molecule has 156 valence electrons. The largest absolute Gasteiger partial charge is 0.497 e. The molecule has 0 fully saturated rings. The molecule has 2 aromatic rings. The molecule has 1 amide bonds. The highest BCUT2D eigenvalue weighted by molar-refractivity contribution is 6.33. The Morgan fingerprint density at radius 3 is 2.16 bits per heavy atom. The summed E-state index contributed by atoms with van der Waals surface area (Å²) < 4.78 is 10.7. The minimum Gasteiger partial charge on any atom is -0.497 e. The standard InChI is InChI=1S/C25H21NO5/c1-26-24(29)21(23(28)16-8-10-18(30-2)11-9-16)22(19-6-4-5-7-20(19)31-3)25(26)14-12-17(27)13-15-25/h4-15H,1-3H3. The normalized spacial score (nSPS) is 16.9. The van der Waals surface area contributed by atoms with Crippen LogP contribution in [0, 0.1) is 0 Å². The van der Waals surface area contributed by atoms with Gasteiger partial charge in [-0.15, -0.1) is 0 Å². The van der Waals surface area contributed by atoms with Crippen molar-refractivity contribution in [3.05, 3.63) is 89.5 Å². The molecule has 1 spiro atoms. The van der Waals surface area contributed by atoms with Crippen LogP contribution in [0.2, 0.25) is 0 Å². The fraction of sp³-hybridized carbons (Fsp3) is 0.160. The molecule has 6 nitrogen and oxygen atoms in total.